The topological polar surface area (TPSA) is 54.0 Å². The summed E-state index contributed by atoms with van der Waals surface area (Å²) in [6.07, 6.45) is 4.66. The Labute approximate surface area is 131 Å². The summed E-state index contributed by atoms with van der Waals surface area (Å²) in [5.41, 5.74) is 1.13. The maximum absolute atomic E-state index is 12.0. The standard InChI is InChI=1S/C16H23O5P/c1-18-14-9-7-13(8-10-14)16-6-4-5-15(21-16)11-12-22(17,19-2)20-3/h7-12,15-16H,4-6H2,1-3H3/b12-11+/t15-,16+/m0/s1. The van der Waals surface area contributed by atoms with E-state index >= 15 is 0 Å². The van der Waals surface area contributed by atoms with Gasteiger partial charge in [-0.15, -0.1) is 0 Å². The molecule has 1 aromatic carbocycles. The van der Waals surface area contributed by atoms with Gasteiger partial charge in [0.25, 0.3) is 0 Å². The average Bonchev–Trinajstić information content (AvgIpc) is 2.60. The average molecular weight is 326 g/mol. The van der Waals surface area contributed by atoms with Crippen molar-refractivity contribution in [3.05, 3.63) is 41.7 Å². The van der Waals surface area contributed by atoms with E-state index in [2.05, 4.69) is 0 Å². The smallest absolute Gasteiger partial charge is 0.353 e. The minimum atomic E-state index is -3.13. The van der Waals surface area contributed by atoms with E-state index in [1.54, 1.807) is 13.2 Å². The van der Waals surface area contributed by atoms with Crippen LogP contribution in [0, 0.1) is 0 Å². The summed E-state index contributed by atoms with van der Waals surface area (Å²) in [6.45, 7) is 0. The van der Waals surface area contributed by atoms with E-state index in [1.165, 1.54) is 20.0 Å². The Morgan fingerprint density at radius 2 is 1.82 bits per heavy atom. The van der Waals surface area contributed by atoms with Crippen LogP contribution in [0.3, 0.4) is 0 Å². The van der Waals surface area contributed by atoms with Gasteiger partial charge in [-0.3, -0.25) is 4.57 Å². The molecule has 0 spiro atoms. The van der Waals surface area contributed by atoms with Crippen LogP contribution in [0.2, 0.25) is 0 Å². The predicted molar refractivity (Wildman–Crippen MR) is 85.2 cm³/mol. The SMILES string of the molecule is COc1ccc([C@H]2CCC[C@@H](/C=C/P(=O)(OC)OC)O2)cc1. The van der Waals surface area contributed by atoms with E-state index in [-0.39, 0.29) is 12.2 Å². The van der Waals surface area contributed by atoms with Crippen molar-refractivity contribution < 1.29 is 23.1 Å². The van der Waals surface area contributed by atoms with Gasteiger partial charge in [0, 0.05) is 20.0 Å². The first-order valence-corrected chi connectivity index (χ1v) is 8.91. The fraction of sp³-hybridized carbons (Fsp3) is 0.500. The van der Waals surface area contributed by atoms with Gasteiger partial charge in [0.2, 0.25) is 0 Å². The van der Waals surface area contributed by atoms with E-state index in [9.17, 15) is 4.57 Å². The number of rotatable bonds is 6. The van der Waals surface area contributed by atoms with Crippen LogP contribution in [0.5, 0.6) is 5.75 Å². The second kappa shape index (κ2) is 7.93. The molecule has 1 aromatic rings. The Balaban J connectivity index is 2.02. The third-order valence-corrected chi connectivity index (χ3v) is 5.33. The van der Waals surface area contributed by atoms with Gasteiger partial charge in [-0.2, -0.15) is 0 Å². The van der Waals surface area contributed by atoms with Gasteiger partial charge in [-0.25, -0.2) is 0 Å². The molecule has 0 bridgehead atoms. The molecule has 1 aliphatic rings. The molecule has 0 N–H and O–H groups in total. The highest BCUT2D eigenvalue weighted by molar-refractivity contribution is 7.57. The minimum absolute atomic E-state index is 0.0405. The Kier molecular flexibility index (Phi) is 6.21. The monoisotopic (exact) mass is 326 g/mol. The van der Waals surface area contributed by atoms with Crippen molar-refractivity contribution in [2.24, 2.45) is 0 Å². The quantitative estimate of drug-likeness (QED) is 0.729. The first-order chi connectivity index (χ1) is 10.6. The van der Waals surface area contributed by atoms with Gasteiger partial charge in [0.15, 0.2) is 0 Å². The Hall–Kier alpha value is -1.13. The maximum Gasteiger partial charge on any atom is 0.353 e. The van der Waals surface area contributed by atoms with Gasteiger partial charge in [0.1, 0.15) is 5.75 Å². The van der Waals surface area contributed by atoms with Gasteiger partial charge in [-0.05, 0) is 43.0 Å². The molecule has 6 heteroatoms. The zero-order valence-corrected chi connectivity index (χ0v) is 14.1. The number of methoxy groups -OCH3 is 1. The molecule has 0 aliphatic carbocycles. The molecule has 0 amide bonds. The van der Waals surface area contributed by atoms with Crippen molar-refractivity contribution in [3.63, 3.8) is 0 Å². The Bertz CT molecular complexity index is 532. The molecular formula is C16H23O5P. The van der Waals surface area contributed by atoms with Crippen LogP contribution in [0.4, 0.5) is 0 Å². The normalized spacial score (nSPS) is 22.9. The van der Waals surface area contributed by atoms with Crippen LogP contribution in [-0.2, 0) is 18.3 Å². The van der Waals surface area contributed by atoms with Crippen LogP contribution in [0.15, 0.2) is 36.2 Å². The summed E-state index contributed by atoms with van der Waals surface area (Å²) >= 11 is 0. The summed E-state index contributed by atoms with van der Waals surface area (Å²) in [5.74, 6) is 2.31. The molecule has 2 rings (SSSR count). The number of benzene rings is 1. The van der Waals surface area contributed by atoms with E-state index in [0.29, 0.717) is 0 Å². The fourth-order valence-corrected chi connectivity index (χ4v) is 3.25. The van der Waals surface area contributed by atoms with Crippen molar-refractivity contribution in [1.82, 2.24) is 0 Å². The lowest BCUT2D eigenvalue weighted by molar-refractivity contribution is -0.0267. The molecule has 0 radical (unpaired) electrons. The van der Waals surface area contributed by atoms with Crippen LogP contribution in [0.1, 0.15) is 30.9 Å². The van der Waals surface area contributed by atoms with Crippen molar-refractivity contribution in [3.8, 4) is 5.75 Å². The molecule has 0 unspecified atom stereocenters. The maximum atomic E-state index is 12.0. The van der Waals surface area contributed by atoms with Gasteiger partial charge >= 0.3 is 7.60 Å². The molecule has 1 aliphatic heterocycles. The minimum Gasteiger partial charge on any atom is -0.497 e. The third kappa shape index (κ3) is 4.43. The molecule has 0 aromatic heterocycles. The summed E-state index contributed by atoms with van der Waals surface area (Å²) in [6, 6.07) is 7.90. The predicted octanol–water partition coefficient (Wildman–Crippen LogP) is 4.31. The summed E-state index contributed by atoms with van der Waals surface area (Å²) < 4.78 is 33.0. The van der Waals surface area contributed by atoms with E-state index in [0.717, 1.165) is 30.6 Å². The molecule has 1 heterocycles. The van der Waals surface area contributed by atoms with E-state index in [4.69, 9.17) is 18.5 Å². The van der Waals surface area contributed by atoms with Crippen molar-refractivity contribution in [2.75, 3.05) is 21.3 Å². The zero-order valence-electron chi connectivity index (χ0n) is 13.2. The molecular weight excluding hydrogens is 303 g/mol. The lowest BCUT2D eigenvalue weighted by atomic mass is 9.98. The molecule has 1 fully saturated rings. The number of hydrogen-bond donors (Lipinski definition) is 0. The molecule has 2 atom stereocenters. The molecule has 22 heavy (non-hydrogen) atoms. The highest BCUT2D eigenvalue weighted by Crippen LogP contribution is 2.48. The van der Waals surface area contributed by atoms with Gasteiger partial charge in [0.05, 0.1) is 19.3 Å². The van der Waals surface area contributed by atoms with Gasteiger partial charge < -0.3 is 18.5 Å². The molecule has 122 valence electrons. The van der Waals surface area contributed by atoms with Crippen molar-refractivity contribution >= 4 is 7.60 Å². The first kappa shape index (κ1) is 17.2. The first-order valence-electron chi connectivity index (χ1n) is 7.30. The lowest BCUT2D eigenvalue weighted by Crippen LogP contribution is -2.20. The van der Waals surface area contributed by atoms with Crippen LogP contribution >= 0.6 is 7.60 Å². The van der Waals surface area contributed by atoms with E-state index < -0.39 is 7.60 Å². The second-order valence-electron chi connectivity index (χ2n) is 5.11. The molecule has 0 saturated carbocycles. The number of hydrogen-bond acceptors (Lipinski definition) is 5. The fourth-order valence-electron chi connectivity index (χ4n) is 2.45. The Morgan fingerprint density at radius 3 is 2.41 bits per heavy atom. The Morgan fingerprint density at radius 1 is 1.14 bits per heavy atom. The van der Waals surface area contributed by atoms with Gasteiger partial charge in [-0.1, -0.05) is 12.1 Å². The van der Waals surface area contributed by atoms with E-state index in [1.807, 2.05) is 24.3 Å². The molecule has 1 saturated heterocycles. The highest BCUT2D eigenvalue weighted by Gasteiger charge is 2.24. The summed E-state index contributed by atoms with van der Waals surface area (Å²) in [7, 11) is 1.27. The van der Waals surface area contributed by atoms with Crippen LogP contribution < -0.4 is 4.74 Å². The summed E-state index contributed by atoms with van der Waals surface area (Å²) in [4.78, 5) is 0. The molecule has 5 nitrogen and oxygen atoms in total. The van der Waals surface area contributed by atoms with Crippen molar-refractivity contribution in [2.45, 2.75) is 31.5 Å². The highest BCUT2D eigenvalue weighted by atomic mass is 31.2. The summed E-state index contributed by atoms with van der Waals surface area (Å²) in [5, 5.41) is 0. The zero-order chi connectivity index (χ0) is 16.0. The van der Waals surface area contributed by atoms with Crippen molar-refractivity contribution in [1.29, 1.82) is 0 Å². The van der Waals surface area contributed by atoms with Crippen LogP contribution in [-0.4, -0.2) is 27.4 Å². The lowest BCUT2D eigenvalue weighted by Gasteiger charge is -2.29. The number of ether oxygens (including phenoxy) is 2. The van der Waals surface area contributed by atoms with Crippen LogP contribution in [0.25, 0.3) is 0 Å². The third-order valence-electron chi connectivity index (χ3n) is 3.77. The second-order valence-corrected chi connectivity index (χ2v) is 7.22. The largest absolute Gasteiger partial charge is 0.497 e.